The third-order valence-electron chi connectivity index (χ3n) is 6.09. The van der Waals surface area contributed by atoms with E-state index < -0.39 is 0 Å². The average Bonchev–Trinajstić information content (AvgIpc) is 3.36. The molecule has 3 aromatic rings. The minimum atomic E-state index is 0.0120. The summed E-state index contributed by atoms with van der Waals surface area (Å²) in [5.74, 6) is 2.54. The quantitative estimate of drug-likeness (QED) is 0.340. The Hall–Kier alpha value is -2.83. The Morgan fingerprint density at radius 2 is 1.97 bits per heavy atom. The number of aromatic nitrogens is 1. The number of benzene rings is 2. The van der Waals surface area contributed by atoms with Gasteiger partial charge in [0.15, 0.2) is 12.3 Å². The number of anilines is 1. The Labute approximate surface area is 206 Å². The van der Waals surface area contributed by atoms with E-state index in [0.717, 1.165) is 73.0 Å². The van der Waals surface area contributed by atoms with Gasteiger partial charge in [-0.1, -0.05) is 44.1 Å². The van der Waals surface area contributed by atoms with Gasteiger partial charge in [0.25, 0.3) is 5.01 Å². The van der Waals surface area contributed by atoms with Gasteiger partial charge < -0.3 is 19.5 Å². The molecule has 1 aromatic heterocycles. The molecule has 0 aliphatic carbocycles. The summed E-state index contributed by atoms with van der Waals surface area (Å²) in [7, 11) is 1.71. The highest BCUT2D eigenvalue weighted by Crippen LogP contribution is 2.40. The molecule has 6 heteroatoms. The van der Waals surface area contributed by atoms with Crippen LogP contribution in [0.2, 0.25) is 0 Å². The van der Waals surface area contributed by atoms with Crippen LogP contribution in [0.25, 0.3) is 16.3 Å². The van der Waals surface area contributed by atoms with Crippen molar-refractivity contribution in [3.05, 3.63) is 64.5 Å². The summed E-state index contributed by atoms with van der Waals surface area (Å²) < 4.78 is 15.4. The molecule has 2 aromatic carbocycles. The molecule has 0 fully saturated rings. The number of hydrogen-bond donors (Lipinski definition) is 1. The van der Waals surface area contributed by atoms with Crippen molar-refractivity contribution in [3.63, 3.8) is 0 Å². The number of aryl methyl sites for hydroxylation is 1. The van der Waals surface area contributed by atoms with Gasteiger partial charge >= 0.3 is 0 Å². The summed E-state index contributed by atoms with van der Waals surface area (Å²) in [5, 5.41) is 10.8. The number of nitrogens with zero attached hydrogens (tertiary/aromatic N) is 2. The van der Waals surface area contributed by atoms with Crippen LogP contribution in [0.1, 0.15) is 57.0 Å². The molecular weight excluding hydrogens is 444 g/mol. The molecule has 1 aliphatic rings. The second-order valence-electron chi connectivity index (χ2n) is 8.72. The van der Waals surface area contributed by atoms with Gasteiger partial charge in [-0.3, -0.25) is 0 Å². The molecule has 2 heterocycles. The third kappa shape index (κ3) is 5.13. The number of unbranched alkanes of at least 4 members (excludes halogenated alkanes) is 2. The molecule has 0 unspecified atom stereocenters. The van der Waals surface area contributed by atoms with E-state index in [0.29, 0.717) is 0 Å². The second kappa shape index (κ2) is 11.1. The first-order chi connectivity index (χ1) is 16.6. The number of aliphatic hydroxyl groups is 1. The van der Waals surface area contributed by atoms with Crippen LogP contribution in [0, 0.1) is 0 Å². The molecule has 1 aliphatic heterocycles. The molecule has 0 spiro atoms. The van der Waals surface area contributed by atoms with Gasteiger partial charge in [-0.15, -0.1) is 0 Å². The maximum atomic E-state index is 9.53. The molecule has 0 saturated heterocycles. The second-order valence-corrected chi connectivity index (χ2v) is 9.78. The lowest BCUT2D eigenvalue weighted by atomic mass is 10.2. The van der Waals surface area contributed by atoms with Crippen molar-refractivity contribution in [1.29, 1.82) is 0 Å². The Bertz CT molecular complexity index is 1210. The van der Waals surface area contributed by atoms with Crippen molar-refractivity contribution in [2.75, 3.05) is 18.6 Å². The maximum absolute atomic E-state index is 9.53. The van der Waals surface area contributed by atoms with E-state index in [-0.39, 0.29) is 6.61 Å². The maximum Gasteiger partial charge on any atom is 0.263 e. The van der Waals surface area contributed by atoms with Crippen LogP contribution in [0.3, 0.4) is 0 Å². The van der Waals surface area contributed by atoms with Crippen molar-refractivity contribution >= 4 is 33.3 Å². The van der Waals surface area contributed by atoms with Gasteiger partial charge in [0.05, 0.1) is 19.4 Å². The first kappa shape index (κ1) is 24.3. The van der Waals surface area contributed by atoms with E-state index in [1.807, 2.05) is 18.2 Å². The lowest BCUT2D eigenvalue weighted by Gasteiger charge is -2.18. The minimum Gasteiger partial charge on any atom is -0.497 e. The number of allylic oxidation sites excluding steroid dienone is 2. The molecule has 0 bridgehead atoms. The number of thiazole rings is 1. The number of rotatable bonds is 10. The summed E-state index contributed by atoms with van der Waals surface area (Å²) in [6, 6.07) is 12.3. The van der Waals surface area contributed by atoms with Crippen LogP contribution in [0.4, 0.5) is 5.69 Å². The summed E-state index contributed by atoms with van der Waals surface area (Å²) >= 11 is 1.79. The lowest BCUT2D eigenvalue weighted by molar-refractivity contribution is -0.669. The third-order valence-corrected chi connectivity index (χ3v) is 7.18. The zero-order chi connectivity index (χ0) is 24.1. The number of aliphatic hydroxyl groups excluding tert-OH is 1. The Balaban J connectivity index is 1.70. The molecule has 0 radical (unpaired) electrons. The monoisotopic (exact) mass is 479 g/mol. The van der Waals surface area contributed by atoms with Crippen LogP contribution < -0.4 is 18.9 Å². The predicted octanol–water partition coefficient (Wildman–Crippen LogP) is 6.43. The van der Waals surface area contributed by atoms with E-state index in [9.17, 15) is 5.11 Å². The summed E-state index contributed by atoms with van der Waals surface area (Å²) in [6.45, 7) is 8.47. The summed E-state index contributed by atoms with van der Waals surface area (Å²) in [6.07, 6.45) is 8.87. The number of methoxy groups -OCH3 is 1. The Kier molecular flexibility index (Phi) is 7.91. The Morgan fingerprint density at radius 1 is 1.15 bits per heavy atom. The molecule has 1 N–H and O–H groups in total. The molecule has 4 rings (SSSR count). The predicted molar refractivity (Wildman–Crippen MR) is 140 cm³/mol. The highest BCUT2D eigenvalue weighted by molar-refractivity contribution is 7.18. The SMILES string of the molecule is CCCCN1C(=CC(C)=Cc2sc3cc(OC)ccc3[n+]2CCCC)Oc2cc(CO)ccc21. The van der Waals surface area contributed by atoms with Gasteiger partial charge in [-0.05, 0) is 42.7 Å². The van der Waals surface area contributed by atoms with Crippen molar-refractivity contribution in [1.82, 2.24) is 0 Å². The topological polar surface area (TPSA) is 45.8 Å². The largest absolute Gasteiger partial charge is 0.497 e. The number of ether oxygens (including phenoxy) is 2. The molecular formula is C28H35N2O3S+. The van der Waals surface area contributed by atoms with Crippen molar-refractivity contribution in [2.45, 2.75) is 59.6 Å². The first-order valence-electron chi connectivity index (χ1n) is 12.2. The lowest BCUT2D eigenvalue weighted by Crippen LogP contribution is -2.35. The van der Waals surface area contributed by atoms with E-state index in [1.54, 1.807) is 18.4 Å². The number of fused-ring (bicyclic) bond motifs is 2. The van der Waals surface area contributed by atoms with Gasteiger partial charge in [0.2, 0.25) is 11.4 Å². The fourth-order valence-electron chi connectivity index (χ4n) is 4.20. The van der Waals surface area contributed by atoms with Crippen LogP contribution in [-0.2, 0) is 13.2 Å². The van der Waals surface area contributed by atoms with Crippen molar-refractivity contribution < 1.29 is 19.1 Å². The smallest absolute Gasteiger partial charge is 0.263 e. The summed E-state index contributed by atoms with van der Waals surface area (Å²) in [4.78, 5) is 2.25. The Morgan fingerprint density at radius 3 is 2.71 bits per heavy atom. The van der Waals surface area contributed by atoms with Crippen molar-refractivity contribution in [2.24, 2.45) is 0 Å². The molecule has 5 nitrogen and oxygen atoms in total. The van der Waals surface area contributed by atoms with Crippen molar-refractivity contribution in [3.8, 4) is 11.5 Å². The highest BCUT2D eigenvalue weighted by Gasteiger charge is 2.26. The molecule has 180 valence electrons. The normalized spacial score (nSPS) is 14.7. The fraction of sp³-hybridized carbons (Fsp3) is 0.393. The van der Waals surface area contributed by atoms with Crippen LogP contribution in [0.15, 0.2) is 53.9 Å². The minimum absolute atomic E-state index is 0.0120. The van der Waals surface area contributed by atoms with E-state index >= 15 is 0 Å². The van der Waals surface area contributed by atoms with Crippen LogP contribution in [-0.4, -0.2) is 18.8 Å². The van der Waals surface area contributed by atoms with Gasteiger partial charge in [0.1, 0.15) is 10.4 Å². The molecule has 0 saturated carbocycles. The van der Waals surface area contributed by atoms with E-state index in [1.165, 1.54) is 15.2 Å². The van der Waals surface area contributed by atoms with Crippen LogP contribution >= 0.6 is 11.3 Å². The zero-order valence-electron chi connectivity index (χ0n) is 20.6. The highest BCUT2D eigenvalue weighted by atomic mass is 32.1. The molecule has 0 amide bonds. The van der Waals surface area contributed by atoms with Gasteiger partial charge in [-0.25, -0.2) is 0 Å². The summed E-state index contributed by atoms with van der Waals surface area (Å²) in [5.41, 5.74) is 4.31. The van der Waals surface area contributed by atoms with E-state index in [2.05, 4.69) is 60.6 Å². The standard InChI is InChI=1S/C28H35N2O3S/c1-5-7-13-29-23-11-9-21(19-31)17-25(23)33-27(29)15-20(3)16-28-30(14-8-6-2)24-12-10-22(32-4)18-26(24)34-28/h9-12,15-18,31H,5-8,13-14,19H2,1-4H3/q+1. The fourth-order valence-corrected chi connectivity index (χ4v) is 5.43. The first-order valence-corrected chi connectivity index (χ1v) is 13.0. The van der Waals surface area contributed by atoms with Gasteiger partial charge in [-0.2, -0.15) is 4.57 Å². The van der Waals surface area contributed by atoms with Crippen LogP contribution in [0.5, 0.6) is 11.5 Å². The molecule has 34 heavy (non-hydrogen) atoms. The number of hydrogen-bond acceptors (Lipinski definition) is 5. The average molecular weight is 480 g/mol. The van der Waals surface area contributed by atoms with Gasteiger partial charge in [0, 0.05) is 37.3 Å². The zero-order valence-corrected chi connectivity index (χ0v) is 21.5. The molecule has 0 atom stereocenters. The van der Waals surface area contributed by atoms with E-state index in [4.69, 9.17) is 9.47 Å².